The lowest BCUT2D eigenvalue weighted by atomic mass is 9.82. The van der Waals surface area contributed by atoms with Gasteiger partial charge in [-0.2, -0.15) is 0 Å². The molecule has 0 aliphatic carbocycles. The summed E-state index contributed by atoms with van der Waals surface area (Å²) in [6.07, 6.45) is 0. The number of hydrogen-bond donors (Lipinski definition) is 1. The lowest BCUT2D eigenvalue weighted by molar-refractivity contribution is 0.476. The second-order valence-electron chi connectivity index (χ2n) is 4.71. The quantitative estimate of drug-likeness (QED) is 0.643. The molecule has 0 radical (unpaired) electrons. The van der Waals surface area contributed by atoms with Gasteiger partial charge < -0.3 is 5.32 Å². The smallest absolute Gasteiger partial charge is 0.0348 e. The average Bonchev–Trinajstić information content (AvgIpc) is 2.22. The van der Waals surface area contributed by atoms with Crippen molar-refractivity contribution in [3.05, 3.63) is 33.8 Å². The van der Waals surface area contributed by atoms with Gasteiger partial charge in [0.15, 0.2) is 0 Å². The summed E-state index contributed by atoms with van der Waals surface area (Å²) >= 11 is 9.19. The van der Waals surface area contributed by atoms with E-state index in [0.717, 1.165) is 17.6 Å². The molecule has 0 amide bonds. The zero-order chi connectivity index (χ0) is 12.2. The molecule has 0 spiro atoms. The molecule has 0 aliphatic rings. The zero-order valence-electron chi connectivity index (χ0n) is 10.1. The minimum Gasteiger partial charge on any atom is -0.315 e. The van der Waals surface area contributed by atoms with Gasteiger partial charge in [-0.05, 0) is 30.2 Å². The molecule has 0 fully saturated rings. The number of rotatable bonds is 5. The van der Waals surface area contributed by atoms with Crippen LogP contribution in [-0.4, -0.2) is 19.0 Å². The summed E-state index contributed by atoms with van der Waals surface area (Å²) in [7, 11) is 0. The molecule has 90 valence electrons. The highest BCUT2D eigenvalue weighted by atomic mass is 79.9. The first kappa shape index (κ1) is 14.0. The fourth-order valence-electron chi connectivity index (χ4n) is 1.89. The molecular formula is C13H19BrClN. The van der Waals surface area contributed by atoms with Crippen LogP contribution in [0, 0.1) is 6.92 Å². The highest BCUT2D eigenvalue weighted by Gasteiger charge is 2.22. The largest absolute Gasteiger partial charge is 0.315 e. The first-order chi connectivity index (χ1) is 7.47. The van der Waals surface area contributed by atoms with Crippen molar-refractivity contribution < 1.29 is 0 Å². The van der Waals surface area contributed by atoms with E-state index in [-0.39, 0.29) is 5.41 Å². The van der Waals surface area contributed by atoms with E-state index < -0.39 is 0 Å². The van der Waals surface area contributed by atoms with Crippen LogP contribution in [0.25, 0.3) is 0 Å². The first-order valence-corrected chi connectivity index (χ1v) is 6.83. The molecule has 1 aromatic rings. The van der Waals surface area contributed by atoms with E-state index in [1.54, 1.807) is 0 Å². The van der Waals surface area contributed by atoms with Crippen molar-refractivity contribution in [2.24, 2.45) is 0 Å². The standard InChI is InChI=1S/C13H19BrClN/c1-10-4-5-11(14)8-12(10)13(2,3)9-16-7-6-15/h4-5,8,16H,6-7,9H2,1-3H3. The lowest BCUT2D eigenvalue weighted by Crippen LogP contribution is -2.34. The van der Waals surface area contributed by atoms with Crippen molar-refractivity contribution in [2.45, 2.75) is 26.2 Å². The van der Waals surface area contributed by atoms with Crippen molar-refractivity contribution in [1.29, 1.82) is 0 Å². The van der Waals surface area contributed by atoms with Crippen molar-refractivity contribution in [3.63, 3.8) is 0 Å². The van der Waals surface area contributed by atoms with Gasteiger partial charge in [0.2, 0.25) is 0 Å². The molecule has 0 unspecified atom stereocenters. The van der Waals surface area contributed by atoms with Crippen LogP contribution in [0.15, 0.2) is 22.7 Å². The number of aryl methyl sites for hydroxylation is 1. The Morgan fingerprint density at radius 2 is 2.06 bits per heavy atom. The van der Waals surface area contributed by atoms with E-state index in [4.69, 9.17) is 11.6 Å². The highest BCUT2D eigenvalue weighted by molar-refractivity contribution is 9.10. The molecule has 0 heterocycles. The number of benzene rings is 1. The normalized spacial score (nSPS) is 11.8. The second-order valence-corrected chi connectivity index (χ2v) is 6.00. The molecule has 1 aromatic carbocycles. The monoisotopic (exact) mass is 303 g/mol. The predicted octanol–water partition coefficient (Wildman–Crippen LogP) is 3.86. The molecule has 1 rings (SSSR count). The third-order valence-corrected chi connectivity index (χ3v) is 3.45. The summed E-state index contributed by atoms with van der Waals surface area (Å²) < 4.78 is 1.14. The topological polar surface area (TPSA) is 12.0 Å². The predicted molar refractivity (Wildman–Crippen MR) is 75.5 cm³/mol. The van der Waals surface area contributed by atoms with Gasteiger partial charge >= 0.3 is 0 Å². The van der Waals surface area contributed by atoms with Crippen LogP contribution in [0.4, 0.5) is 0 Å². The van der Waals surface area contributed by atoms with Gasteiger partial charge in [0.05, 0.1) is 0 Å². The molecule has 1 nitrogen and oxygen atoms in total. The molecule has 0 aliphatic heterocycles. The molecule has 0 atom stereocenters. The third kappa shape index (κ3) is 3.76. The van der Waals surface area contributed by atoms with Crippen LogP contribution in [-0.2, 0) is 5.41 Å². The summed E-state index contributed by atoms with van der Waals surface area (Å²) in [5, 5.41) is 3.37. The van der Waals surface area contributed by atoms with Gasteiger partial charge in [-0.25, -0.2) is 0 Å². The molecular weight excluding hydrogens is 286 g/mol. The van der Waals surface area contributed by atoms with E-state index in [2.05, 4.69) is 60.2 Å². The Bertz CT molecular complexity index is 350. The van der Waals surface area contributed by atoms with Crippen molar-refractivity contribution in [3.8, 4) is 0 Å². The van der Waals surface area contributed by atoms with Gasteiger partial charge in [-0.15, -0.1) is 11.6 Å². The van der Waals surface area contributed by atoms with Crippen LogP contribution in [0.2, 0.25) is 0 Å². The fourth-order valence-corrected chi connectivity index (χ4v) is 2.38. The van der Waals surface area contributed by atoms with E-state index >= 15 is 0 Å². The Kier molecular flexibility index (Phi) is 5.29. The van der Waals surface area contributed by atoms with Crippen LogP contribution in [0.3, 0.4) is 0 Å². The maximum Gasteiger partial charge on any atom is 0.0348 e. The highest BCUT2D eigenvalue weighted by Crippen LogP contribution is 2.28. The van der Waals surface area contributed by atoms with Crippen molar-refractivity contribution in [1.82, 2.24) is 5.32 Å². The Hall–Kier alpha value is -0.0500. The maximum absolute atomic E-state index is 5.66. The fraction of sp³-hybridized carbons (Fsp3) is 0.538. The Morgan fingerprint density at radius 3 is 2.69 bits per heavy atom. The molecule has 0 bridgehead atoms. The van der Waals surface area contributed by atoms with Gasteiger partial charge in [0.25, 0.3) is 0 Å². The summed E-state index contributed by atoms with van der Waals surface area (Å²) in [5.41, 5.74) is 2.84. The van der Waals surface area contributed by atoms with Gasteiger partial charge in [-0.1, -0.05) is 35.8 Å². The first-order valence-electron chi connectivity index (χ1n) is 5.50. The number of alkyl halides is 1. The van der Waals surface area contributed by atoms with E-state index in [0.29, 0.717) is 5.88 Å². The number of nitrogens with one attached hydrogen (secondary N) is 1. The Balaban J connectivity index is 2.83. The summed E-state index contributed by atoms with van der Waals surface area (Å²) in [5.74, 6) is 0.660. The van der Waals surface area contributed by atoms with Crippen LogP contribution in [0.5, 0.6) is 0 Å². The van der Waals surface area contributed by atoms with E-state index in [1.165, 1.54) is 11.1 Å². The summed E-state index contributed by atoms with van der Waals surface area (Å²) in [6.45, 7) is 8.46. The van der Waals surface area contributed by atoms with Gasteiger partial charge in [0, 0.05) is 28.9 Å². The Morgan fingerprint density at radius 1 is 1.38 bits per heavy atom. The maximum atomic E-state index is 5.66. The third-order valence-electron chi connectivity index (χ3n) is 2.77. The van der Waals surface area contributed by atoms with E-state index in [1.807, 2.05) is 0 Å². The molecule has 0 aromatic heterocycles. The molecule has 0 saturated carbocycles. The van der Waals surface area contributed by atoms with Gasteiger partial charge in [-0.3, -0.25) is 0 Å². The van der Waals surface area contributed by atoms with Crippen molar-refractivity contribution in [2.75, 3.05) is 19.0 Å². The SMILES string of the molecule is Cc1ccc(Br)cc1C(C)(C)CNCCCl. The minimum atomic E-state index is 0.125. The van der Waals surface area contributed by atoms with Crippen LogP contribution in [0.1, 0.15) is 25.0 Å². The lowest BCUT2D eigenvalue weighted by Gasteiger charge is -2.27. The minimum absolute atomic E-state index is 0.125. The Labute approximate surface area is 112 Å². The van der Waals surface area contributed by atoms with Crippen LogP contribution < -0.4 is 5.32 Å². The second kappa shape index (κ2) is 6.04. The zero-order valence-corrected chi connectivity index (χ0v) is 12.5. The molecule has 16 heavy (non-hydrogen) atoms. The molecule has 3 heteroatoms. The molecule has 1 N–H and O–H groups in total. The average molecular weight is 305 g/mol. The van der Waals surface area contributed by atoms with E-state index in [9.17, 15) is 0 Å². The van der Waals surface area contributed by atoms with Crippen LogP contribution >= 0.6 is 27.5 Å². The van der Waals surface area contributed by atoms with Gasteiger partial charge in [0.1, 0.15) is 0 Å². The summed E-state index contributed by atoms with van der Waals surface area (Å²) in [4.78, 5) is 0. The van der Waals surface area contributed by atoms with Crippen molar-refractivity contribution >= 4 is 27.5 Å². The molecule has 0 saturated heterocycles. The number of hydrogen-bond acceptors (Lipinski definition) is 1. The summed E-state index contributed by atoms with van der Waals surface area (Å²) in [6, 6.07) is 6.45. The number of halogens is 2.